The lowest BCUT2D eigenvalue weighted by Crippen LogP contribution is -2.38. The maximum Gasteiger partial charge on any atom is 0.122 e. The summed E-state index contributed by atoms with van der Waals surface area (Å²) in [4.78, 5) is 0.370. The van der Waals surface area contributed by atoms with E-state index in [9.17, 15) is 0 Å². The summed E-state index contributed by atoms with van der Waals surface area (Å²) in [6.07, 6.45) is 8.47. The maximum absolute atomic E-state index is 5.87. The van der Waals surface area contributed by atoms with Crippen LogP contribution in [-0.2, 0) is 4.74 Å². The summed E-state index contributed by atoms with van der Waals surface area (Å²) in [5.41, 5.74) is 1.51. The topological polar surface area (TPSA) is 21.3 Å². The van der Waals surface area contributed by atoms with Crippen molar-refractivity contribution < 1.29 is 4.74 Å². The highest BCUT2D eigenvalue weighted by Gasteiger charge is 2.41. The van der Waals surface area contributed by atoms with Gasteiger partial charge < -0.3 is 10.1 Å². The molecule has 0 saturated carbocycles. The highest BCUT2D eigenvalue weighted by molar-refractivity contribution is 9.09. The molecule has 2 aliphatic heterocycles. The summed E-state index contributed by atoms with van der Waals surface area (Å²) < 4.78 is 5.87. The van der Waals surface area contributed by atoms with Gasteiger partial charge >= 0.3 is 0 Å². The Morgan fingerprint density at radius 1 is 1.47 bits per heavy atom. The highest BCUT2D eigenvalue weighted by Crippen LogP contribution is 2.44. The maximum atomic E-state index is 5.87. The van der Waals surface area contributed by atoms with Crippen LogP contribution in [0, 0.1) is 5.41 Å². The van der Waals surface area contributed by atoms with Gasteiger partial charge in [0.2, 0.25) is 0 Å². The lowest BCUT2D eigenvalue weighted by molar-refractivity contribution is 0.141. The van der Waals surface area contributed by atoms with Gasteiger partial charge in [-0.25, -0.2) is 0 Å². The molecule has 0 aromatic heterocycles. The Kier molecular flexibility index (Phi) is 4.10. The van der Waals surface area contributed by atoms with Crippen LogP contribution in [-0.4, -0.2) is 24.5 Å². The van der Waals surface area contributed by atoms with E-state index in [1.165, 1.54) is 5.57 Å². The zero-order valence-corrected chi connectivity index (χ0v) is 11.9. The predicted octanol–water partition coefficient (Wildman–Crippen LogP) is 3.17. The summed E-state index contributed by atoms with van der Waals surface area (Å²) in [5.74, 6) is 1.01. The van der Waals surface area contributed by atoms with Gasteiger partial charge in [-0.2, -0.15) is 0 Å². The van der Waals surface area contributed by atoms with Crippen molar-refractivity contribution in [3.05, 3.63) is 36.1 Å². The molecule has 17 heavy (non-hydrogen) atoms. The third-order valence-corrected chi connectivity index (χ3v) is 3.92. The van der Waals surface area contributed by atoms with Crippen LogP contribution in [0.2, 0.25) is 0 Å². The monoisotopic (exact) mass is 297 g/mol. The van der Waals surface area contributed by atoms with Crippen molar-refractivity contribution in [3.63, 3.8) is 0 Å². The Hall–Kier alpha value is -0.540. The van der Waals surface area contributed by atoms with E-state index in [1.54, 1.807) is 0 Å². The number of hydrogen-bond donors (Lipinski definition) is 1. The first-order chi connectivity index (χ1) is 8.18. The molecule has 2 rings (SSSR count). The predicted molar refractivity (Wildman–Crippen MR) is 75.2 cm³/mol. The van der Waals surface area contributed by atoms with Gasteiger partial charge in [-0.05, 0) is 38.9 Å². The third-order valence-electron chi connectivity index (χ3n) is 3.62. The van der Waals surface area contributed by atoms with E-state index < -0.39 is 0 Å². The second kappa shape index (κ2) is 5.40. The second-order valence-corrected chi connectivity index (χ2v) is 6.28. The number of ether oxygens (including phenoxy) is 1. The van der Waals surface area contributed by atoms with Crippen LogP contribution in [0.25, 0.3) is 0 Å². The van der Waals surface area contributed by atoms with Crippen molar-refractivity contribution in [1.82, 2.24) is 5.32 Å². The molecule has 0 aliphatic carbocycles. The summed E-state index contributed by atoms with van der Waals surface area (Å²) in [6, 6.07) is 0. The second-order valence-electron chi connectivity index (χ2n) is 4.84. The van der Waals surface area contributed by atoms with Gasteiger partial charge in [-0.3, -0.25) is 0 Å². The van der Waals surface area contributed by atoms with Crippen LogP contribution in [0.4, 0.5) is 0 Å². The highest BCUT2D eigenvalue weighted by atomic mass is 79.9. The van der Waals surface area contributed by atoms with Crippen LogP contribution >= 0.6 is 15.9 Å². The van der Waals surface area contributed by atoms with Gasteiger partial charge in [0.05, 0.1) is 6.61 Å². The van der Waals surface area contributed by atoms with E-state index in [4.69, 9.17) is 4.74 Å². The van der Waals surface area contributed by atoms with E-state index in [2.05, 4.69) is 46.9 Å². The number of alkyl halides is 1. The van der Waals surface area contributed by atoms with Crippen LogP contribution in [0.15, 0.2) is 36.1 Å². The molecular weight excluding hydrogens is 278 g/mol. The minimum Gasteiger partial charge on any atom is -0.492 e. The summed E-state index contributed by atoms with van der Waals surface area (Å²) >= 11 is 3.51. The number of piperidine rings is 1. The molecule has 1 fully saturated rings. The SMILES string of the molecule is C=CC1=C(/C=C\C(C)Br)OCC12CCNCC2. The molecule has 94 valence electrons. The van der Waals surface area contributed by atoms with Gasteiger partial charge in [0.1, 0.15) is 5.76 Å². The molecule has 1 spiro atoms. The molecule has 2 nitrogen and oxygen atoms in total. The minimum atomic E-state index is 0.211. The molecule has 1 unspecified atom stereocenters. The fourth-order valence-electron chi connectivity index (χ4n) is 2.63. The summed E-state index contributed by atoms with van der Waals surface area (Å²) in [7, 11) is 0. The molecule has 2 aliphatic rings. The van der Waals surface area contributed by atoms with Crippen LogP contribution < -0.4 is 5.32 Å². The fourth-order valence-corrected chi connectivity index (χ4v) is 2.78. The van der Waals surface area contributed by atoms with Gasteiger partial charge in [-0.1, -0.05) is 34.7 Å². The van der Waals surface area contributed by atoms with Gasteiger partial charge in [0.25, 0.3) is 0 Å². The van der Waals surface area contributed by atoms with Crippen molar-refractivity contribution in [3.8, 4) is 0 Å². The van der Waals surface area contributed by atoms with Crippen LogP contribution in [0.3, 0.4) is 0 Å². The number of hydrogen-bond acceptors (Lipinski definition) is 2. The Balaban J connectivity index is 2.24. The van der Waals surface area contributed by atoms with Crippen LogP contribution in [0.1, 0.15) is 19.8 Å². The largest absolute Gasteiger partial charge is 0.492 e. The van der Waals surface area contributed by atoms with Gasteiger partial charge in [0, 0.05) is 15.8 Å². The summed E-state index contributed by atoms with van der Waals surface area (Å²) in [5, 5.41) is 3.41. The van der Waals surface area contributed by atoms with Crippen molar-refractivity contribution >= 4 is 15.9 Å². The zero-order valence-electron chi connectivity index (χ0n) is 10.3. The van der Waals surface area contributed by atoms with Gasteiger partial charge in [0.15, 0.2) is 0 Å². The van der Waals surface area contributed by atoms with Crippen molar-refractivity contribution in [1.29, 1.82) is 0 Å². The van der Waals surface area contributed by atoms with E-state index in [1.807, 2.05) is 6.08 Å². The minimum absolute atomic E-state index is 0.211. The molecule has 0 aromatic carbocycles. The molecule has 1 atom stereocenters. The lowest BCUT2D eigenvalue weighted by Gasteiger charge is -2.33. The Labute approximate surface area is 112 Å². The Bertz CT molecular complexity index is 351. The Morgan fingerprint density at radius 3 is 2.76 bits per heavy atom. The molecule has 0 radical (unpaired) electrons. The normalized spacial score (nSPS) is 25.3. The van der Waals surface area contributed by atoms with Crippen LogP contribution in [0.5, 0.6) is 0 Å². The first-order valence-electron chi connectivity index (χ1n) is 6.21. The molecule has 0 amide bonds. The number of halogens is 1. The van der Waals surface area contributed by atoms with E-state index in [0.29, 0.717) is 4.83 Å². The zero-order chi connectivity index (χ0) is 12.3. The molecule has 3 heteroatoms. The number of nitrogens with one attached hydrogen (secondary N) is 1. The van der Waals surface area contributed by atoms with Gasteiger partial charge in [-0.15, -0.1) is 0 Å². The standard InChI is InChI=1S/C14H20BrNO/c1-3-12-13(5-4-11(2)15)17-10-14(12)6-8-16-9-7-14/h3-5,11,16H,1,6-10H2,2H3/b5-4-. The van der Waals surface area contributed by atoms with Crippen molar-refractivity contribution in [2.75, 3.05) is 19.7 Å². The van der Waals surface area contributed by atoms with Crippen molar-refractivity contribution in [2.45, 2.75) is 24.6 Å². The van der Waals surface area contributed by atoms with E-state index >= 15 is 0 Å². The number of allylic oxidation sites excluding steroid dienone is 3. The number of rotatable bonds is 3. The molecular formula is C14H20BrNO. The molecule has 1 N–H and O–H groups in total. The fraction of sp³-hybridized carbons (Fsp3) is 0.571. The van der Waals surface area contributed by atoms with E-state index in [-0.39, 0.29) is 5.41 Å². The molecule has 1 saturated heterocycles. The average molecular weight is 298 g/mol. The first kappa shape index (κ1) is 12.9. The van der Waals surface area contributed by atoms with E-state index in [0.717, 1.165) is 38.3 Å². The summed E-state index contributed by atoms with van der Waals surface area (Å²) in [6.45, 7) is 9.03. The first-order valence-corrected chi connectivity index (χ1v) is 7.12. The lowest BCUT2D eigenvalue weighted by atomic mass is 9.74. The quantitative estimate of drug-likeness (QED) is 0.808. The Morgan fingerprint density at radius 2 is 2.18 bits per heavy atom. The molecule has 0 bridgehead atoms. The smallest absolute Gasteiger partial charge is 0.122 e. The molecule has 2 heterocycles. The average Bonchev–Trinajstić information content (AvgIpc) is 2.65. The molecule has 0 aromatic rings. The van der Waals surface area contributed by atoms with Crippen molar-refractivity contribution in [2.24, 2.45) is 5.41 Å². The third kappa shape index (κ3) is 2.66.